The summed E-state index contributed by atoms with van der Waals surface area (Å²) in [5.74, 6) is 0.417. The van der Waals surface area contributed by atoms with Crippen LogP contribution in [0.5, 0.6) is 11.6 Å². The Morgan fingerprint density at radius 3 is 2.62 bits per heavy atom. The Kier molecular flexibility index (Phi) is 5.14. The van der Waals surface area contributed by atoms with Gasteiger partial charge in [-0.2, -0.15) is 13.2 Å². The van der Waals surface area contributed by atoms with Crippen molar-refractivity contribution in [3.8, 4) is 22.9 Å². The van der Waals surface area contributed by atoms with Crippen LogP contribution < -0.4 is 4.74 Å². The van der Waals surface area contributed by atoms with Gasteiger partial charge in [-0.25, -0.2) is 15.0 Å². The highest BCUT2D eigenvalue weighted by Gasteiger charge is 2.30. The Morgan fingerprint density at radius 1 is 1.10 bits per heavy atom. The highest BCUT2D eigenvalue weighted by molar-refractivity contribution is 7.16. The van der Waals surface area contributed by atoms with Gasteiger partial charge >= 0.3 is 6.18 Å². The van der Waals surface area contributed by atoms with Gasteiger partial charge in [0.25, 0.3) is 0 Å². The third kappa shape index (κ3) is 4.04. The third-order valence-corrected chi connectivity index (χ3v) is 5.14. The zero-order chi connectivity index (χ0) is 20.6. The van der Waals surface area contributed by atoms with Gasteiger partial charge in [-0.1, -0.05) is 6.07 Å². The predicted molar refractivity (Wildman–Crippen MR) is 106 cm³/mol. The largest absolute Gasteiger partial charge is 0.438 e. The molecule has 29 heavy (non-hydrogen) atoms. The molecule has 0 spiro atoms. The van der Waals surface area contributed by atoms with Gasteiger partial charge in [0, 0.05) is 23.2 Å². The number of rotatable bonds is 4. The molecule has 147 valence electrons. The average Bonchev–Trinajstić information content (AvgIpc) is 3.16. The van der Waals surface area contributed by atoms with Gasteiger partial charge < -0.3 is 4.74 Å². The molecule has 3 aromatic heterocycles. The molecular weight excluding hydrogens is 423 g/mol. The SMILES string of the molecule is [CH2]Cc1ccc(Oc2ccc(C(F)(F)F)cn2)c(-c2nc(Cl)nc3sccc23)c1. The van der Waals surface area contributed by atoms with E-state index < -0.39 is 11.7 Å². The molecular formula is C20H12ClF3N3OS. The van der Waals surface area contributed by atoms with Crippen LogP contribution in [0.15, 0.2) is 48.0 Å². The zero-order valence-electron chi connectivity index (χ0n) is 14.7. The van der Waals surface area contributed by atoms with Crippen molar-refractivity contribution in [2.45, 2.75) is 12.6 Å². The van der Waals surface area contributed by atoms with Crippen LogP contribution in [0.3, 0.4) is 0 Å². The van der Waals surface area contributed by atoms with Crippen molar-refractivity contribution in [1.29, 1.82) is 0 Å². The van der Waals surface area contributed by atoms with E-state index in [0.717, 1.165) is 28.0 Å². The molecule has 0 saturated carbocycles. The van der Waals surface area contributed by atoms with E-state index in [1.165, 1.54) is 17.4 Å². The number of alkyl halides is 3. The Morgan fingerprint density at radius 2 is 1.93 bits per heavy atom. The molecule has 0 saturated heterocycles. The van der Waals surface area contributed by atoms with Crippen LogP contribution in [0.4, 0.5) is 13.2 Å². The molecule has 0 N–H and O–H groups in total. The van der Waals surface area contributed by atoms with Gasteiger partial charge in [-0.15, -0.1) is 11.3 Å². The molecule has 4 nitrogen and oxygen atoms in total. The second-order valence-corrected chi connectivity index (χ2v) is 7.28. The van der Waals surface area contributed by atoms with E-state index in [9.17, 15) is 13.2 Å². The van der Waals surface area contributed by atoms with E-state index in [1.54, 1.807) is 6.07 Å². The highest BCUT2D eigenvalue weighted by Crippen LogP contribution is 2.38. The number of nitrogens with zero attached hydrogens (tertiary/aromatic N) is 3. The minimum absolute atomic E-state index is 0.0309. The first kappa shape index (κ1) is 19.6. The maximum atomic E-state index is 12.8. The molecule has 4 rings (SSSR count). The van der Waals surface area contributed by atoms with Crippen LogP contribution >= 0.6 is 22.9 Å². The van der Waals surface area contributed by atoms with E-state index in [2.05, 4.69) is 21.9 Å². The summed E-state index contributed by atoms with van der Waals surface area (Å²) in [6.45, 7) is 3.89. The first-order valence-electron chi connectivity index (χ1n) is 8.39. The quantitative estimate of drug-likeness (QED) is 0.340. The number of benzene rings is 1. The minimum Gasteiger partial charge on any atom is -0.438 e. The second-order valence-electron chi connectivity index (χ2n) is 6.05. The maximum absolute atomic E-state index is 12.8. The molecule has 4 aromatic rings. The Bertz CT molecular complexity index is 1180. The van der Waals surface area contributed by atoms with Crippen LogP contribution in [0.25, 0.3) is 21.5 Å². The molecule has 0 aliphatic heterocycles. The van der Waals surface area contributed by atoms with Crippen molar-refractivity contribution in [1.82, 2.24) is 15.0 Å². The van der Waals surface area contributed by atoms with Crippen LogP contribution in [0, 0.1) is 6.92 Å². The first-order chi connectivity index (χ1) is 13.8. The summed E-state index contributed by atoms with van der Waals surface area (Å²) in [6, 6.07) is 9.37. The number of pyridine rings is 1. The summed E-state index contributed by atoms with van der Waals surface area (Å²) in [5, 5.41) is 2.77. The fraction of sp³-hybridized carbons (Fsp3) is 0.100. The van der Waals surface area contributed by atoms with Gasteiger partial charge in [-0.05, 0) is 60.2 Å². The Hall–Kier alpha value is -2.71. The van der Waals surface area contributed by atoms with E-state index >= 15 is 0 Å². The molecule has 0 aliphatic rings. The zero-order valence-corrected chi connectivity index (χ0v) is 16.3. The fourth-order valence-corrected chi connectivity index (χ4v) is 3.75. The molecule has 0 fully saturated rings. The Balaban J connectivity index is 1.80. The van der Waals surface area contributed by atoms with Gasteiger partial charge in [0.1, 0.15) is 10.6 Å². The topological polar surface area (TPSA) is 47.9 Å². The molecule has 0 aliphatic carbocycles. The lowest BCUT2D eigenvalue weighted by atomic mass is 10.0. The monoisotopic (exact) mass is 434 g/mol. The van der Waals surface area contributed by atoms with Crippen molar-refractivity contribution in [2.75, 3.05) is 0 Å². The highest BCUT2D eigenvalue weighted by atomic mass is 35.5. The van der Waals surface area contributed by atoms with E-state index in [-0.39, 0.29) is 11.2 Å². The number of hydrogen-bond acceptors (Lipinski definition) is 5. The lowest BCUT2D eigenvalue weighted by Gasteiger charge is -2.13. The van der Waals surface area contributed by atoms with Crippen molar-refractivity contribution >= 4 is 33.2 Å². The van der Waals surface area contributed by atoms with Crippen LogP contribution in [-0.2, 0) is 12.6 Å². The normalized spacial score (nSPS) is 11.8. The summed E-state index contributed by atoms with van der Waals surface area (Å²) in [7, 11) is 0. The predicted octanol–water partition coefficient (Wildman–Crippen LogP) is 6.59. The molecule has 0 bridgehead atoms. The van der Waals surface area contributed by atoms with Gasteiger partial charge in [-0.3, -0.25) is 0 Å². The lowest BCUT2D eigenvalue weighted by molar-refractivity contribution is -0.137. The third-order valence-electron chi connectivity index (χ3n) is 4.16. The summed E-state index contributed by atoms with van der Waals surface area (Å²) < 4.78 is 44.1. The van der Waals surface area contributed by atoms with Crippen molar-refractivity contribution in [3.63, 3.8) is 0 Å². The van der Waals surface area contributed by atoms with E-state index in [0.29, 0.717) is 23.4 Å². The van der Waals surface area contributed by atoms with Crippen molar-refractivity contribution in [3.05, 3.63) is 71.3 Å². The number of fused-ring (bicyclic) bond motifs is 1. The van der Waals surface area contributed by atoms with Gasteiger partial charge in [0.2, 0.25) is 11.2 Å². The minimum atomic E-state index is -4.46. The summed E-state index contributed by atoms with van der Waals surface area (Å²) >= 11 is 7.52. The van der Waals surface area contributed by atoms with E-state index in [1.807, 2.05) is 23.6 Å². The number of ether oxygens (including phenoxy) is 1. The number of hydrogen-bond donors (Lipinski definition) is 0. The molecule has 0 atom stereocenters. The summed E-state index contributed by atoms with van der Waals surface area (Å²) in [4.78, 5) is 13.1. The number of thiophene rings is 1. The first-order valence-corrected chi connectivity index (χ1v) is 9.65. The summed E-state index contributed by atoms with van der Waals surface area (Å²) in [6.07, 6.45) is -3.19. The molecule has 1 radical (unpaired) electrons. The summed E-state index contributed by atoms with van der Waals surface area (Å²) in [5.41, 5.74) is 1.28. The van der Waals surface area contributed by atoms with E-state index in [4.69, 9.17) is 16.3 Å². The fourth-order valence-electron chi connectivity index (χ4n) is 2.76. The number of aromatic nitrogens is 3. The molecule has 0 amide bonds. The average molecular weight is 435 g/mol. The Labute approximate surface area is 173 Å². The van der Waals surface area contributed by atoms with Crippen LogP contribution in [-0.4, -0.2) is 15.0 Å². The smallest absolute Gasteiger partial charge is 0.417 e. The van der Waals surface area contributed by atoms with Gasteiger partial charge in [0.05, 0.1) is 11.3 Å². The van der Waals surface area contributed by atoms with Crippen LogP contribution in [0.1, 0.15) is 11.1 Å². The maximum Gasteiger partial charge on any atom is 0.417 e. The molecule has 3 heterocycles. The number of halogens is 4. The van der Waals surface area contributed by atoms with Crippen molar-refractivity contribution < 1.29 is 17.9 Å². The molecule has 0 unspecified atom stereocenters. The second kappa shape index (κ2) is 7.61. The lowest BCUT2D eigenvalue weighted by Crippen LogP contribution is -2.05. The molecule has 1 aromatic carbocycles. The van der Waals surface area contributed by atoms with Gasteiger partial charge in [0.15, 0.2) is 0 Å². The van der Waals surface area contributed by atoms with Crippen molar-refractivity contribution in [2.24, 2.45) is 0 Å². The molecule has 9 heteroatoms. The standard InChI is InChI=1S/C20H12ClF3N3OS/c1-2-11-3-5-15(28-16-6-4-12(10-25-16)20(22,23)24)14(9-11)17-13-7-8-29-18(13)27-19(21)26-17/h3-10H,1-2H2. The van der Waals surface area contributed by atoms with Crippen LogP contribution in [0.2, 0.25) is 5.28 Å².